The first-order valence-corrected chi connectivity index (χ1v) is 9.46. The Morgan fingerprint density at radius 1 is 1.18 bits per heavy atom. The summed E-state index contributed by atoms with van der Waals surface area (Å²) in [5.74, 6) is 2.87. The quantitative estimate of drug-likeness (QED) is 0.451. The molecule has 0 bridgehead atoms. The predicted molar refractivity (Wildman–Crippen MR) is 107 cm³/mol. The van der Waals surface area contributed by atoms with E-state index in [1.165, 1.54) is 11.9 Å². The zero-order valence-electron chi connectivity index (χ0n) is 16.5. The fourth-order valence-electron chi connectivity index (χ4n) is 2.61. The standard InChI is InChI=1S/C19H26N8O/c1-4-16-25-18(28-26-16)15-8-6-14(7-9-15)10-11-21-19(20-5-2)22-12-17-23-13-24-27(17)3/h6-9,13H,4-5,10-12H2,1-3H3,(H2,20,21,22). The van der Waals surface area contributed by atoms with E-state index in [0.717, 1.165) is 49.1 Å². The third-order valence-corrected chi connectivity index (χ3v) is 4.22. The Labute approximate surface area is 164 Å². The minimum absolute atomic E-state index is 0.477. The van der Waals surface area contributed by atoms with E-state index in [1.807, 2.05) is 33.0 Å². The largest absolute Gasteiger partial charge is 0.357 e. The summed E-state index contributed by atoms with van der Waals surface area (Å²) < 4.78 is 7.00. The Morgan fingerprint density at radius 2 is 2.00 bits per heavy atom. The van der Waals surface area contributed by atoms with Gasteiger partial charge in [0.2, 0.25) is 0 Å². The van der Waals surface area contributed by atoms with E-state index < -0.39 is 0 Å². The lowest BCUT2D eigenvalue weighted by Gasteiger charge is -2.11. The van der Waals surface area contributed by atoms with Gasteiger partial charge in [-0.15, -0.1) is 0 Å². The van der Waals surface area contributed by atoms with Crippen molar-refractivity contribution in [3.63, 3.8) is 0 Å². The van der Waals surface area contributed by atoms with Crippen LogP contribution in [0.5, 0.6) is 0 Å². The SMILES string of the molecule is CCNC(=NCc1ncnn1C)NCCc1ccc(-c2nc(CC)no2)cc1. The van der Waals surface area contributed by atoms with E-state index in [-0.39, 0.29) is 0 Å². The number of rotatable bonds is 8. The molecule has 0 aliphatic carbocycles. The maximum absolute atomic E-state index is 5.28. The average Bonchev–Trinajstić information content (AvgIpc) is 3.35. The van der Waals surface area contributed by atoms with Gasteiger partial charge in [-0.05, 0) is 31.0 Å². The number of aromatic nitrogens is 5. The van der Waals surface area contributed by atoms with Crippen molar-refractivity contribution in [2.75, 3.05) is 13.1 Å². The van der Waals surface area contributed by atoms with Crippen molar-refractivity contribution in [2.45, 2.75) is 33.2 Å². The molecule has 0 radical (unpaired) electrons. The fraction of sp³-hybridized carbons (Fsp3) is 0.421. The number of guanidine groups is 1. The topological polar surface area (TPSA) is 106 Å². The first-order valence-electron chi connectivity index (χ1n) is 9.46. The minimum Gasteiger partial charge on any atom is -0.357 e. The zero-order chi connectivity index (χ0) is 19.8. The second kappa shape index (κ2) is 9.63. The van der Waals surface area contributed by atoms with Gasteiger partial charge in [0.05, 0.1) is 0 Å². The van der Waals surface area contributed by atoms with Gasteiger partial charge in [-0.25, -0.2) is 9.98 Å². The number of hydrogen-bond donors (Lipinski definition) is 2. The lowest BCUT2D eigenvalue weighted by Crippen LogP contribution is -2.38. The van der Waals surface area contributed by atoms with Gasteiger partial charge >= 0.3 is 0 Å². The van der Waals surface area contributed by atoms with Crippen LogP contribution in [0.25, 0.3) is 11.5 Å². The summed E-state index contributed by atoms with van der Waals surface area (Å²) in [7, 11) is 1.86. The van der Waals surface area contributed by atoms with Crippen molar-refractivity contribution in [3.05, 3.63) is 47.8 Å². The Balaban J connectivity index is 1.52. The number of nitrogens with one attached hydrogen (secondary N) is 2. The van der Waals surface area contributed by atoms with E-state index >= 15 is 0 Å². The molecule has 0 amide bonds. The molecule has 9 heteroatoms. The molecule has 2 N–H and O–H groups in total. The van der Waals surface area contributed by atoms with E-state index in [9.17, 15) is 0 Å². The number of benzene rings is 1. The van der Waals surface area contributed by atoms with Crippen molar-refractivity contribution in [1.82, 2.24) is 35.5 Å². The molecule has 0 saturated heterocycles. The number of aliphatic imine (C=N–C) groups is 1. The van der Waals surface area contributed by atoms with Crippen LogP contribution in [0.15, 0.2) is 40.1 Å². The van der Waals surface area contributed by atoms with Crippen LogP contribution in [0, 0.1) is 0 Å². The number of nitrogens with zero attached hydrogens (tertiary/aromatic N) is 6. The van der Waals surface area contributed by atoms with Gasteiger partial charge in [0.25, 0.3) is 5.89 Å². The summed E-state index contributed by atoms with van der Waals surface area (Å²) >= 11 is 0. The molecule has 28 heavy (non-hydrogen) atoms. The molecular formula is C19H26N8O. The Morgan fingerprint density at radius 3 is 2.64 bits per heavy atom. The van der Waals surface area contributed by atoms with Gasteiger partial charge in [-0.3, -0.25) is 4.68 Å². The molecule has 3 rings (SSSR count). The molecule has 0 atom stereocenters. The summed E-state index contributed by atoms with van der Waals surface area (Å²) in [6.07, 6.45) is 3.17. The third-order valence-electron chi connectivity index (χ3n) is 4.22. The summed E-state index contributed by atoms with van der Waals surface area (Å²) in [4.78, 5) is 13.1. The maximum Gasteiger partial charge on any atom is 0.257 e. The molecular weight excluding hydrogens is 356 g/mol. The highest BCUT2D eigenvalue weighted by Gasteiger charge is 2.07. The molecule has 0 spiro atoms. The maximum atomic E-state index is 5.28. The van der Waals surface area contributed by atoms with E-state index in [4.69, 9.17) is 4.52 Å². The lowest BCUT2D eigenvalue weighted by molar-refractivity contribution is 0.423. The summed E-state index contributed by atoms with van der Waals surface area (Å²) in [5.41, 5.74) is 2.15. The zero-order valence-corrected chi connectivity index (χ0v) is 16.5. The second-order valence-electron chi connectivity index (χ2n) is 6.24. The van der Waals surface area contributed by atoms with Crippen molar-refractivity contribution in [3.8, 4) is 11.5 Å². The average molecular weight is 382 g/mol. The highest BCUT2D eigenvalue weighted by Crippen LogP contribution is 2.18. The van der Waals surface area contributed by atoms with Crippen LogP contribution >= 0.6 is 0 Å². The van der Waals surface area contributed by atoms with Crippen molar-refractivity contribution >= 4 is 5.96 Å². The van der Waals surface area contributed by atoms with Crippen LogP contribution in [0.4, 0.5) is 0 Å². The summed E-state index contributed by atoms with van der Waals surface area (Å²) in [6, 6.07) is 8.18. The molecule has 2 aromatic heterocycles. The van der Waals surface area contributed by atoms with Crippen LogP contribution in [0.1, 0.15) is 31.1 Å². The van der Waals surface area contributed by atoms with E-state index in [0.29, 0.717) is 12.4 Å². The van der Waals surface area contributed by atoms with Crippen LogP contribution in [0.3, 0.4) is 0 Å². The monoisotopic (exact) mass is 382 g/mol. The van der Waals surface area contributed by atoms with E-state index in [1.54, 1.807) is 4.68 Å². The van der Waals surface area contributed by atoms with Gasteiger partial charge in [-0.1, -0.05) is 24.2 Å². The Bertz CT molecular complexity index is 897. The molecule has 0 aliphatic heterocycles. The van der Waals surface area contributed by atoms with Gasteiger partial charge in [-0.2, -0.15) is 10.1 Å². The molecule has 0 aliphatic rings. The summed E-state index contributed by atoms with van der Waals surface area (Å²) in [5, 5.41) is 14.6. The fourth-order valence-corrected chi connectivity index (χ4v) is 2.61. The van der Waals surface area contributed by atoms with Gasteiger partial charge in [0, 0.05) is 32.1 Å². The molecule has 9 nitrogen and oxygen atoms in total. The summed E-state index contributed by atoms with van der Waals surface area (Å²) in [6.45, 7) is 6.08. The molecule has 3 aromatic rings. The van der Waals surface area contributed by atoms with Crippen molar-refractivity contribution in [2.24, 2.45) is 12.0 Å². The Kier molecular flexibility index (Phi) is 6.72. The van der Waals surface area contributed by atoms with Gasteiger partial charge < -0.3 is 15.2 Å². The molecule has 1 aromatic carbocycles. The molecule has 0 fully saturated rings. The Hall–Kier alpha value is -3.23. The van der Waals surface area contributed by atoms with Crippen LogP contribution in [-0.2, 0) is 26.4 Å². The van der Waals surface area contributed by atoms with Crippen LogP contribution < -0.4 is 10.6 Å². The van der Waals surface area contributed by atoms with Crippen LogP contribution in [-0.4, -0.2) is 44.0 Å². The molecule has 148 valence electrons. The van der Waals surface area contributed by atoms with Crippen molar-refractivity contribution in [1.29, 1.82) is 0 Å². The van der Waals surface area contributed by atoms with Gasteiger partial charge in [0.1, 0.15) is 18.7 Å². The van der Waals surface area contributed by atoms with Crippen molar-refractivity contribution < 1.29 is 4.52 Å². The predicted octanol–water partition coefficient (Wildman–Crippen LogP) is 1.73. The number of aryl methyl sites for hydroxylation is 2. The molecule has 0 unspecified atom stereocenters. The third kappa shape index (κ3) is 5.15. The smallest absolute Gasteiger partial charge is 0.257 e. The highest BCUT2D eigenvalue weighted by atomic mass is 16.5. The molecule has 0 saturated carbocycles. The van der Waals surface area contributed by atoms with E-state index in [2.05, 4.69) is 48.0 Å². The molecule has 2 heterocycles. The second-order valence-corrected chi connectivity index (χ2v) is 6.24. The lowest BCUT2D eigenvalue weighted by atomic mass is 10.1. The number of hydrogen-bond acceptors (Lipinski definition) is 6. The minimum atomic E-state index is 0.477. The van der Waals surface area contributed by atoms with Crippen LogP contribution in [0.2, 0.25) is 0 Å². The first-order chi connectivity index (χ1) is 13.7. The van der Waals surface area contributed by atoms with Gasteiger partial charge in [0.15, 0.2) is 11.8 Å². The first kappa shape index (κ1) is 19.5. The normalized spacial score (nSPS) is 11.6. The highest BCUT2D eigenvalue weighted by molar-refractivity contribution is 5.79.